The molecule has 206 valence electrons. The number of likely N-dealkylation sites (N-methyl/N-ethyl adjacent to an activating group) is 2. The highest BCUT2D eigenvalue weighted by Gasteiger charge is 2.29. The number of nitrogens with zero attached hydrogens (tertiary/aromatic N) is 2. The topological polar surface area (TPSA) is 122 Å². The molecule has 0 unspecified atom stereocenters. The fourth-order valence-corrected chi connectivity index (χ4v) is 5.28. The second-order valence-corrected chi connectivity index (χ2v) is 10.1. The lowest BCUT2D eigenvalue weighted by molar-refractivity contribution is -0.917. The van der Waals surface area contributed by atoms with Gasteiger partial charge in [-0.1, -0.05) is 0 Å². The molecule has 0 saturated carbocycles. The van der Waals surface area contributed by atoms with E-state index in [0.717, 1.165) is 37.3 Å². The monoisotopic (exact) mass is 526 g/mol. The molecule has 1 aliphatic rings. The molecule has 2 aromatic carbocycles. The molecule has 4 N–H and O–H groups in total. The number of quaternary nitrogens is 2. The van der Waals surface area contributed by atoms with Gasteiger partial charge in [0, 0.05) is 11.1 Å². The molecule has 0 aromatic heterocycles. The minimum absolute atomic E-state index is 0.0622. The number of carbonyl (C=O) groups excluding carboxylic acids is 3. The Morgan fingerprint density at radius 3 is 1.34 bits per heavy atom. The van der Waals surface area contributed by atoms with Crippen molar-refractivity contribution in [1.82, 2.24) is 0 Å². The number of rotatable bonds is 16. The Morgan fingerprint density at radius 2 is 1.03 bits per heavy atom. The van der Waals surface area contributed by atoms with Crippen LogP contribution in [0.1, 0.15) is 43.6 Å². The van der Waals surface area contributed by atoms with Crippen molar-refractivity contribution in [1.29, 1.82) is 0 Å². The van der Waals surface area contributed by atoms with Crippen LogP contribution in [0.25, 0.3) is 11.1 Å². The van der Waals surface area contributed by atoms with E-state index in [1.807, 2.05) is 52.0 Å². The van der Waals surface area contributed by atoms with Crippen molar-refractivity contribution in [3.8, 4) is 22.6 Å². The molecule has 0 bridgehead atoms. The van der Waals surface area contributed by atoms with Crippen LogP contribution >= 0.6 is 0 Å². The van der Waals surface area contributed by atoms with Gasteiger partial charge in [0.1, 0.15) is 37.8 Å². The molecule has 3 rings (SSSR count). The molecule has 0 atom stereocenters. The van der Waals surface area contributed by atoms with Gasteiger partial charge in [-0.2, -0.15) is 0 Å². The van der Waals surface area contributed by atoms with Gasteiger partial charge in [0.15, 0.2) is 18.9 Å². The number of nitrogens with two attached hydrogens (primary N) is 2. The van der Waals surface area contributed by atoms with Gasteiger partial charge in [0.25, 0.3) is 11.8 Å². The summed E-state index contributed by atoms with van der Waals surface area (Å²) in [5, 5.41) is 0. The fraction of sp³-hybridized carbons (Fsp3) is 0.483. The molecule has 9 heteroatoms. The SMILES string of the molecule is CC[N+](CC)(CCOc1ccc2c(c1)C(=O)c1cc(OCC[N+](CC)(CC)CC(N)=O)ccc1-2)CC(N)=O. The van der Waals surface area contributed by atoms with Crippen molar-refractivity contribution >= 4 is 17.6 Å². The number of ketones is 1. The Balaban J connectivity index is 1.66. The normalized spacial score (nSPS) is 12.7. The first-order chi connectivity index (χ1) is 18.1. The Bertz CT molecular complexity index is 1080. The summed E-state index contributed by atoms with van der Waals surface area (Å²) in [6, 6.07) is 11.2. The Labute approximate surface area is 225 Å². The molecular weight excluding hydrogens is 484 g/mol. The molecule has 1 aliphatic carbocycles. The van der Waals surface area contributed by atoms with Crippen molar-refractivity contribution < 1.29 is 32.8 Å². The predicted molar refractivity (Wildman–Crippen MR) is 147 cm³/mol. The number of hydrogen-bond donors (Lipinski definition) is 2. The molecule has 0 aliphatic heterocycles. The Morgan fingerprint density at radius 1 is 0.658 bits per heavy atom. The summed E-state index contributed by atoms with van der Waals surface area (Å²) < 4.78 is 13.1. The number of primary amides is 2. The third-order valence-corrected chi connectivity index (χ3v) is 8.10. The summed E-state index contributed by atoms with van der Waals surface area (Å²) in [5.74, 6) is 0.533. The molecule has 38 heavy (non-hydrogen) atoms. The number of fused-ring (bicyclic) bond motifs is 3. The minimum Gasteiger partial charge on any atom is -0.488 e. The first kappa shape index (κ1) is 29.1. The number of carbonyl (C=O) groups is 3. The van der Waals surface area contributed by atoms with Crippen LogP contribution in [0.3, 0.4) is 0 Å². The van der Waals surface area contributed by atoms with E-state index in [2.05, 4.69) is 0 Å². The third-order valence-electron chi connectivity index (χ3n) is 8.10. The average Bonchev–Trinajstić information content (AvgIpc) is 3.17. The van der Waals surface area contributed by atoms with Crippen LogP contribution in [0.4, 0.5) is 0 Å². The van der Waals surface area contributed by atoms with Crippen LogP contribution in [0.2, 0.25) is 0 Å². The third kappa shape index (κ3) is 6.52. The summed E-state index contributed by atoms with van der Waals surface area (Å²) in [6.07, 6.45) is 0. The average molecular weight is 527 g/mol. The van der Waals surface area contributed by atoms with Crippen LogP contribution in [0.15, 0.2) is 36.4 Å². The molecule has 9 nitrogen and oxygen atoms in total. The van der Waals surface area contributed by atoms with Gasteiger partial charge in [0.05, 0.1) is 26.2 Å². The number of amides is 2. The summed E-state index contributed by atoms with van der Waals surface area (Å²) in [4.78, 5) is 36.3. The maximum Gasteiger partial charge on any atom is 0.272 e. The van der Waals surface area contributed by atoms with E-state index in [-0.39, 0.29) is 30.7 Å². The van der Waals surface area contributed by atoms with Crippen molar-refractivity contribution in [2.24, 2.45) is 11.5 Å². The van der Waals surface area contributed by atoms with Crippen LogP contribution in [0, 0.1) is 0 Å². The van der Waals surface area contributed by atoms with E-state index in [0.29, 0.717) is 57.9 Å². The van der Waals surface area contributed by atoms with Gasteiger partial charge < -0.3 is 29.9 Å². The zero-order valence-electron chi connectivity index (χ0n) is 23.1. The minimum atomic E-state index is -0.322. The first-order valence-electron chi connectivity index (χ1n) is 13.5. The molecule has 2 amide bonds. The summed E-state index contributed by atoms with van der Waals surface area (Å²) in [5.41, 5.74) is 13.9. The van der Waals surface area contributed by atoms with E-state index in [1.165, 1.54) is 0 Å². The number of ether oxygens (including phenoxy) is 2. The molecule has 0 saturated heterocycles. The zero-order chi connectivity index (χ0) is 27.9. The highest BCUT2D eigenvalue weighted by molar-refractivity contribution is 6.22. The number of hydrogen-bond acceptors (Lipinski definition) is 5. The van der Waals surface area contributed by atoms with E-state index < -0.39 is 0 Å². The van der Waals surface area contributed by atoms with E-state index in [9.17, 15) is 14.4 Å². The Hall–Kier alpha value is -3.43. The summed E-state index contributed by atoms with van der Waals surface area (Å²) >= 11 is 0. The first-order valence-corrected chi connectivity index (χ1v) is 13.5. The zero-order valence-corrected chi connectivity index (χ0v) is 23.1. The maximum absolute atomic E-state index is 13.3. The van der Waals surface area contributed by atoms with Gasteiger partial charge in [-0.25, -0.2) is 0 Å². The molecule has 0 fully saturated rings. The maximum atomic E-state index is 13.3. The highest BCUT2D eigenvalue weighted by atomic mass is 16.5. The van der Waals surface area contributed by atoms with Gasteiger partial charge >= 0.3 is 0 Å². The summed E-state index contributed by atoms with van der Waals surface area (Å²) in [6.45, 7) is 14.0. The van der Waals surface area contributed by atoms with Crippen molar-refractivity contribution in [3.63, 3.8) is 0 Å². The van der Waals surface area contributed by atoms with Crippen LogP contribution in [0.5, 0.6) is 11.5 Å². The molecular formula is C29H42N4O5+2. The van der Waals surface area contributed by atoms with Gasteiger partial charge in [-0.15, -0.1) is 0 Å². The van der Waals surface area contributed by atoms with Gasteiger partial charge in [0.2, 0.25) is 0 Å². The van der Waals surface area contributed by atoms with Crippen LogP contribution in [-0.4, -0.2) is 92.1 Å². The van der Waals surface area contributed by atoms with Crippen molar-refractivity contribution in [3.05, 3.63) is 47.5 Å². The summed E-state index contributed by atoms with van der Waals surface area (Å²) in [7, 11) is 0. The van der Waals surface area contributed by atoms with Crippen molar-refractivity contribution in [2.75, 3.05) is 65.6 Å². The second kappa shape index (κ2) is 12.4. The lowest BCUT2D eigenvalue weighted by atomic mass is 10.1. The quantitative estimate of drug-likeness (QED) is 0.278. The Kier molecular flexibility index (Phi) is 9.51. The molecule has 0 radical (unpaired) electrons. The van der Waals surface area contributed by atoms with E-state index in [4.69, 9.17) is 20.9 Å². The standard InChI is InChI=1S/C29H40N4O5/c1-5-32(6-2,19-27(30)34)13-15-37-21-9-11-23-24-12-10-22(18-26(24)29(36)25(23)17-21)38-16-14-33(7-3,8-4)20-28(31)35/h9-12,17-18H,5-8,13-16,19-20H2,1-4H3,(H2-2,30,31,34,35)/p+2. The lowest BCUT2D eigenvalue weighted by Crippen LogP contribution is -2.54. The molecule has 0 spiro atoms. The van der Waals surface area contributed by atoms with Gasteiger partial charge in [-0.05, 0) is 75.2 Å². The fourth-order valence-electron chi connectivity index (χ4n) is 5.28. The van der Waals surface area contributed by atoms with E-state index in [1.54, 1.807) is 12.1 Å². The van der Waals surface area contributed by atoms with E-state index >= 15 is 0 Å². The van der Waals surface area contributed by atoms with Gasteiger partial charge in [-0.3, -0.25) is 14.4 Å². The smallest absolute Gasteiger partial charge is 0.272 e. The largest absolute Gasteiger partial charge is 0.488 e. The van der Waals surface area contributed by atoms with Crippen molar-refractivity contribution in [2.45, 2.75) is 27.7 Å². The molecule has 2 aromatic rings. The second-order valence-electron chi connectivity index (χ2n) is 10.1. The number of benzene rings is 2. The van der Waals surface area contributed by atoms with Crippen LogP contribution < -0.4 is 20.9 Å². The molecule has 0 heterocycles. The lowest BCUT2D eigenvalue weighted by Gasteiger charge is -2.35. The predicted octanol–water partition coefficient (Wildman–Crippen LogP) is 2.34. The van der Waals surface area contributed by atoms with Crippen LogP contribution in [-0.2, 0) is 9.59 Å². The highest BCUT2D eigenvalue weighted by Crippen LogP contribution is 2.40.